The fraction of sp³-hybridized carbons (Fsp3) is 0. The number of rotatable bonds is 4. The number of benzene rings is 3. The van der Waals surface area contributed by atoms with Crippen molar-refractivity contribution in [2.45, 2.75) is 0 Å². The maximum absolute atomic E-state index is 4.61. The molecule has 0 aliphatic heterocycles. The lowest BCUT2D eigenvalue weighted by Gasteiger charge is -2.08. The van der Waals surface area contributed by atoms with Crippen LogP contribution < -0.4 is 10.9 Å². The summed E-state index contributed by atoms with van der Waals surface area (Å²) in [7, 11) is 2.18. The third kappa shape index (κ3) is 3.09. The molecule has 0 amide bonds. The van der Waals surface area contributed by atoms with Crippen molar-refractivity contribution in [1.82, 2.24) is 24.3 Å². The molecule has 5 nitrogen and oxygen atoms in total. The predicted octanol–water partition coefficient (Wildman–Crippen LogP) is 3.41. The summed E-state index contributed by atoms with van der Waals surface area (Å²) in [6, 6.07) is 29.3. The Kier molecular flexibility index (Phi) is 4.13. The first-order chi connectivity index (χ1) is 15.4. The van der Waals surface area contributed by atoms with E-state index in [1.54, 1.807) is 17.3 Å². The topological polar surface area (TPSA) is 48.5 Å². The van der Waals surface area contributed by atoms with E-state index < -0.39 is 0 Å². The number of hydrogen-bond donors (Lipinski definition) is 0. The molecule has 145 valence electrons. The molecule has 3 aromatic carbocycles. The molecule has 0 N–H and O–H groups in total. The van der Waals surface area contributed by atoms with Crippen molar-refractivity contribution in [1.29, 1.82) is 0 Å². The maximum Gasteiger partial charge on any atom is 0.191 e. The van der Waals surface area contributed by atoms with Gasteiger partial charge in [-0.05, 0) is 36.4 Å². The van der Waals surface area contributed by atoms with Gasteiger partial charge in [-0.2, -0.15) is 5.10 Å². The quantitative estimate of drug-likeness (QED) is 0.428. The Morgan fingerprint density at radius 1 is 0.710 bits per heavy atom. The zero-order valence-corrected chi connectivity index (χ0v) is 16.6. The van der Waals surface area contributed by atoms with E-state index in [1.807, 2.05) is 36.5 Å². The zero-order valence-electron chi connectivity index (χ0n) is 16.6. The van der Waals surface area contributed by atoms with Gasteiger partial charge in [0.15, 0.2) is 7.28 Å². The molecule has 0 fully saturated rings. The van der Waals surface area contributed by atoms with Gasteiger partial charge >= 0.3 is 0 Å². The molecular formula is C25H17BN5. The third-order valence-electron chi connectivity index (χ3n) is 5.46. The van der Waals surface area contributed by atoms with E-state index in [0.717, 1.165) is 33.5 Å². The van der Waals surface area contributed by atoms with E-state index in [2.05, 4.69) is 81.5 Å². The van der Waals surface area contributed by atoms with E-state index in [-0.39, 0.29) is 0 Å². The van der Waals surface area contributed by atoms with Crippen molar-refractivity contribution in [2.75, 3.05) is 0 Å². The second-order valence-corrected chi connectivity index (χ2v) is 7.40. The van der Waals surface area contributed by atoms with Crippen LogP contribution in [0, 0.1) is 0 Å². The van der Waals surface area contributed by atoms with Gasteiger partial charge in [-0.25, -0.2) is 14.6 Å². The SMILES string of the molecule is [B](c1cccc(-n2cncn2)c1)c1ccc2c3ccccc3n(-c3ccccn3)c2c1. The lowest BCUT2D eigenvalue weighted by atomic mass is 9.64. The van der Waals surface area contributed by atoms with Gasteiger partial charge in [0.1, 0.15) is 18.5 Å². The van der Waals surface area contributed by atoms with Crippen LogP contribution in [-0.4, -0.2) is 31.6 Å². The van der Waals surface area contributed by atoms with Crippen LogP contribution in [0.2, 0.25) is 0 Å². The largest absolute Gasteiger partial charge is 0.294 e. The van der Waals surface area contributed by atoms with Crippen molar-refractivity contribution >= 4 is 40.0 Å². The number of para-hydroxylation sites is 1. The second-order valence-electron chi connectivity index (χ2n) is 7.40. The van der Waals surface area contributed by atoms with Gasteiger partial charge in [0, 0.05) is 17.0 Å². The minimum absolute atomic E-state index is 0.916. The average molecular weight is 398 g/mol. The molecule has 6 aromatic rings. The molecule has 6 heteroatoms. The van der Waals surface area contributed by atoms with Crippen LogP contribution in [0.4, 0.5) is 0 Å². The van der Waals surface area contributed by atoms with E-state index >= 15 is 0 Å². The number of hydrogen-bond acceptors (Lipinski definition) is 3. The van der Waals surface area contributed by atoms with Crippen molar-refractivity contribution in [3.63, 3.8) is 0 Å². The highest BCUT2D eigenvalue weighted by atomic mass is 15.3. The molecule has 0 bridgehead atoms. The van der Waals surface area contributed by atoms with Gasteiger partial charge in [0.2, 0.25) is 0 Å². The second kappa shape index (κ2) is 7.25. The first-order valence-corrected chi connectivity index (χ1v) is 10.1. The first-order valence-electron chi connectivity index (χ1n) is 10.1. The standard InChI is InChI=1S/C25H17BN5/c1-2-9-23-21(8-1)22-12-11-19(15-24(22)31(23)25-10-3-4-13-28-25)26-18-6-5-7-20(14-18)30-17-27-16-29-30/h1-17H. The van der Waals surface area contributed by atoms with E-state index in [9.17, 15) is 0 Å². The first kappa shape index (κ1) is 17.7. The number of nitrogens with zero attached hydrogens (tertiary/aromatic N) is 5. The summed E-state index contributed by atoms with van der Waals surface area (Å²) < 4.78 is 3.99. The predicted molar refractivity (Wildman–Crippen MR) is 125 cm³/mol. The molecule has 0 spiro atoms. The monoisotopic (exact) mass is 398 g/mol. The molecular weight excluding hydrogens is 381 g/mol. The highest BCUT2D eigenvalue weighted by molar-refractivity contribution is 6.67. The Labute approximate surface area is 179 Å². The molecule has 0 saturated heterocycles. The summed E-state index contributed by atoms with van der Waals surface area (Å²) >= 11 is 0. The summed E-state index contributed by atoms with van der Waals surface area (Å²) in [5.74, 6) is 0.916. The molecule has 0 unspecified atom stereocenters. The summed E-state index contributed by atoms with van der Waals surface area (Å²) in [5.41, 5.74) is 5.51. The van der Waals surface area contributed by atoms with E-state index in [4.69, 9.17) is 0 Å². The van der Waals surface area contributed by atoms with Crippen LogP contribution in [0.15, 0.2) is 104 Å². The average Bonchev–Trinajstić information content (AvgIpc) is 3.46. The summed E-state index contributed by atoms with van der Waals surface area (Å²) in [6.07, 6.45) is 5.08. The van der Waals surface area contributed by atoms with Crippen LogP contribution in [-0.2, 0) is 0 Å². The van der Waals surface area contributed by atoms with Gasteiger partial charge in [-0.15, -0.1) is 0 Å². The van der Waals surface area contributed by atoms with Crippen LogP contribution in [0.25, 0.3) is 33.3 Å². The lowest BCUT2D eigenvalue weighted by molar-refractivity contribution is 0.880. The van der Waals surface area contributed by atoms with Crippen LogP contribution in [0.1, 0.15) is 0 Å². The molecule has 6 rings (SSSR count). The molecule has 0 atom stereocenters. The molecule has 0 saturated carbocycles. The van der Waals surface area contributed by atoms with Gasteiger partial charge in [0.05, 0.1) is 16.7 Å². The maximum atomic E-state index is 4.61. The van der Waals surface area contributed by atoms with Crippen LogP contribution in [0.3, 0.4) is 0 Å². The lowest BCUT2D eigenvalue weighted by Crippen LogP contribution is -2.27. The highest BCUT2D eigenvalue weighted by Crippen LogP contribution is 2.30. The van der Waals surface area contributed by atoms with Gasteiger partial charge in [0.25, 0.3) is 0 Å². The van der Waals surface area contributed by atoms with Crippen molar-refractivity contribution < 1.29 is 0 Å². The number of fused-ring (bicyclic) bond motifs is 3. The molecule has 1 radical (unpaired) electrons. The van der Waals surface area contributed by atoms with Gasteiger partial charge in [-0.3, -0.25) is 4.57 Å². The van der Waals surface area contributed by atoms with Crippen molar-refractivity contribution in [2.24, 2.45) is 0 Å². The fourth-order valence-electron chi connectivity index (χ4n) is 4.10. The highest BCUT2D eigenvalue weighted by Gasteiger charge is 2.13. The molecule has 3 aromatic heterocycles. The summed E-state index contributed by atoms with van der Waals surface area (Å²) in [5, 5.41) is 6.67. The van der Waals surface area contributed by atoms with Gasteiger partial charge < -0.3 is 0 Å². The molecule has 0 aliphatic carbocycles. The Balaban J connectivity index is 1.48. The Bertz CT molecular complexity index is 1500. The summed E-state index contributed by atoms with van der Waals surface area (Å²) in [6.45, 7) is 0. The minimum Gasteiger partial charge on any atom is -0.294 e. The van der Waals surface area contributed by atoms with E-state index in [0.29, 0.717) is 0 Å². The number of aromatic nitrogens is 5. The van der Waals surface area contributed by atoms with Crippen LogP contribution >= 0.6 is 0 Å². The molecule has 0 aliphatic rings. The van der Waals surface area contributed by atoms with Crippen LogP contribution in [0.5, 0.6) is 0 Å². The molecule has 3 heterocycles. The Hall–Kier alpha value is -4.19. The van der Waals surface area contributed by atoms with Gasteiger partial charge in [-0.1, -0.05) is 59.5 Å². The van der Waals surface area contributed by atoms with Crippen molar-refractivity contribution in [3.8, 4) is 11.5 Å². The van der Waals surface area contributed by atoms with E-state index in [1.165, 1.54) is 10.8 Å². The third-order valence-corrected chi connectivity index (χ3v) is 5.46. The Morgan fingerprint density at radius 3 is 2.45 bits per heavy atom. The smallest absolute Gasteiger partial charge is 0.191 e. The zero-order chi connectivity index (χ0) is 20.6. The molecule has 31 heavy (non-hydrogen) atoms. The normalized spacial score (nSPS) is 11.2. The minimum atomic E-state index is 0.916. The number of pyridine rings is 1. The Morgan fingerprint density at radius 2 is 1.58 bits per heavy atom. The van der Waals surface area contributed by atoms with Crippen molar-refractivity contribution in [3.05, 3.63) is 104 Å². The summed E-state index contributed by atoms with van der Waals surface area (Å²) in [4.78, 5) is 8.65. The fourth-order valence-corrected chi connectivity index (χ4v) is 4.10.